The summed E-state index contributed by atoms with van der Waals surface area (Å²) in [7, 11) is 0. The van der Waals surface area contributed by atoms with Crippen LogP contribution in [0, 0.1) is 11.8 Å². The zero-order valence-corrected chi connectivity index (χ0v) is 15.7. The minimum atomic E-state index is -0.897. The van der Waals surface area contributed by atoms with E-state index in [1.165, 1.54) is 51.4 Å². The molecule has 0 aromatic carbocycles. The van der Waals surface area contributed by atoms with Crippen molar-refractivity contribution in [1.29, 1.82) is 0 Å². The third kappa shape index (κ3) is 5.98. The summed E-state index contributed by atoms with van der Waals surface area (Å²) >= 11 is 0. The van der Waals surface area contributed by atoms with E-state index in [9.17, 15) is 14.7 Å². The molecule has 0 aromatic heterocycles. The second kappa shape index (κ2) is 10.8. The van der Waals surface area contributed by atoms with Gasteiger partial charge in [-0.3, -0.25) is 9.59 Å². The summed E-state index contributed by atoms with van der Waals surface area (Å²) in [5.41, 5.74) is 0. The zero-order valence-electron chi connectivity index (χ0n) is 15.7. The number of unbranched alkanes of at least 4 members (excludes halogenated alkanes) is 9. The number of hydrogen-bond donors (Lipinski definition) is 2. The molecule has 0 radical (unpaired) electrons. The van der Waals surface area contributed by atoms with Gasteiger partial charge in [-0.1, -0.05) is 64.7 Å². The first-order chi connectivity index (χ1) is 12.1. The Hall–Kier alpha value is -1.10. The zero-order chi connectivity index (χ0) is 18.1. The fourth-order valence-corrected chi connectivity index (χ4v) is 4.27. The van der Waals surface area contributed by atoms with Crippen LogP contribution in [0.2, 0.25) is 0 Å². The van der Waals surface area contributed by atoms with Crippen LogP contribution in [0.25, 0.3) is 0 Å². The summed E-state index contributed by atoms with van der Waals surface area (Å²) < 4.78 is 5.65. The Bertz CT molecular complexity index is 426. The summed E-state index contributed by atoms with van der Waals surface area (Å²) in [6.07, 6.45) is 13.8. The highest BCUT2D eigenvalue weighted by Crippen LogP contribution is 2.43. The van der Waals surface area contributed by atoms with Crippen molar-refractivity contribution < 1.29 is 19.4 Å². The Morgan fingerprint density at radius 3 is 1.96 bits per heavy atom. The first-order valence-corrected chi connectivity index (χ1v) is 10.3. The van der Waals surface area contributed by atoms with E-state index < -0.39 is 17.8 Å². The number of rotatable bonds is 13. The van der Waals surface area contributed by atoms with E-state index in [4.69, 9.17) is 4.74 Å². The van der Waals surface area contributed by atoms with Crippen LogP contribution in [-0.4, -0.2) is 35.7 Å². The Balaban J connectivity index is 1.51. The SMILES string of the molecule is CCCCCCCCCCCCNC(=O)C1C(C(=O)O)[C@@H]2CC[C@H]1O2. The van der Waals surface area contributed by atoms with Crippen molar-refractivity contribution in [2.75, 3.05) is 6.54 Å². The largest absolute Gasteiger partial charge is 0.481 e. The molecule has 5 heteroatoms. The highest BCUT2D eigenvalue weighted by Gasteiger charge is 2.55. The van der Waals surface area contributed by atoms with Crippen molar-refractivity contribution in [2.45, 2.75) is 96.2 Å². The van der Waals surface area contributed by atoms with Crippen LogP contribution in [0.1, 0.15) is 84.0 Å². The van der Waals surface area contributed by atoms with Gasteiger partial charge in [-0.2, -0.15) is 0 Å². The monoisotopic (exact) mass is 353 g/mol. The maximum absolute atomic E-state index is 12.4. The van der Waals surface area contributed by atoms with Crippen molar-refractivity contribution in [2.24, 2.45) is 11.8 Å². The molecule has 0 aromatic rings. The third-order valence-electron chi connectivity index (χ3n) is 5.69. The molecule has 2 aliphatic rings. The van der Waals surface area contributed by atoms with Gasteiger partial charge < -0.3 is 15.2 Å². The van der Waals surface area contributed by atoms with Crippen LogP contribution in [-0.2, 0) is 14.3 Å². The lowest BCUT2D eigenvalue weighted by atomic mass is 9.78. The first-order valence-electron chi connectivity index (χ1n) is 10.3. The predicted molar refractivity (Wildman–Crippen MR) is 97.4 cm³/mol. The lowest BCUT2D eigenvalue weighted by molar-refractivity contribution is -0.147. The van der Waals surface area contributed by atoms with Crippen molar-refractivity contribution in [3.8, 4) is 0 Å². The first kappa shape index (κ1) is 20.2. The molecule has 5 nitrogen and oxygen atoms in total. The summed E-state index contributed by atoms with van der Waals surface area (Å²) in [5.74, 6) is -2.19. The molecule has 4 atom stereocenters. The molecule has 2 heterocycles. The number of amides is 1. The Labute approximate surface area is 151 Å². The Kier molecular flexibility index (Phi) is 8.73. The Morgan fingerprint density at radius 1 is 0.880 bits per heavy atom. The van der Waals surface area contributed by atoms with E-state index in [1.807, 2.05) is 0 Å². The normalized spacial score (nSPS) is 27.6. The molecule has 2 N–H and O–H groups in total. The van der Waals surface area contributed by atoms with Crippen LogP contribution >= 0.6 is 0 Å². The maximum Gasteiger partial charge on any atom is 0.310 e. The van der Waals surface area contributed by atoms with Crippen LogP contribution < -0.4 is 5.32 Å². The fraction of sp³-hybridized carbons (Fsp3) is 0.900. The molecule has 2 bridgehead atoms. The molecule has 2 saturated heterocycles. The average molecular weight is 354 g/mol. The van der Waals surface area contributed by atoms with E-state index in [2.05, 4.69) is 12.2 Å². The number of ether oxygens (including phenoxy) is 1. The van der Waals surface area contributed by atoms with Gasteiger partial charge in [0.15, 0.2) is 0 Å². The topological polar surface area (TPSA) is 75.6 Å². The van der Waals surface area contributed by atoms with Crippen LogP contribution in [0.3, 0.4) is 0 Å². The number of aliphatic carboxylic acids is 1. The van der Waals surface area contributed by atoms with Gasteiger partial charge >= 0.3 is 5.97 Å². The van der Waals surface area contributed by atoms with Crippen LogP contribution in [0.4, 0.5) is 0 Å². The minimum Gasteiger partial charge on any atom is -0.481 e. The number of carboxylic acid groups (broad SMARTS) is 1. The molecule has 0 saturated carbocycles. The van der Waals surface area contributed by atoms with E-state index in [0.29, 0.717) is 6.54 Å². The smallest absolute Gasteiger partial charge is 0.310 e. The van der Waals surface area contributed by atoms with Crippen molar-refractivity contribution in [3.05, 3.63) is 0 Å². The molecule has 2 unspecified atom stereocenters. The van der Waals surface area contributed by atoms with E-state index >= 15 is 0 Å². The molecule has 25 heavy (non-hydrogen) atoms. The van der Waals surface area contributed by atoms with Crippen molar-refractivity contribution in [3.63, 3.8) is 0 Å². The third-order valence-corrected chi connectivity index (χ3v) is 5.69. The lowest BCUT2D eigenvalue weighted by Gasteiger charge is -2.23. The molecule has 2 rings (SSSR count). The van der Waals surface area contributed by atoms with Gasteiger partial charge in [-0.25, -0.2) is 0 Å². The number of carboxylic acids is 1. The van der Waals surface area contributed by atoms with Gasteiger partial charge in [-0.15, -0.1) is 0 Å². The number of nitrogens with one attached hydrogen (secondary N) is 1. The second-order valence-corrected chi connectivity index (χ2v) is 7.65. The van der Waals surface area contributed by atoms with Gasteiger partial charge in [-0.05, 0) is 19.3 Å². The molecule has 0 spiro atoms. The van der Waals surface area contributed by atoms with Crippen LogP contribution in [0.15, 0.2) is 0 Å². The predicted octanol–water partition coefficient (Wildman–Crippen LogP) is 3.90. The number of hydrogen-bond acceptors (Lipinski definition) is 3. The van der Waals surface area contributed by atoms with Gasteiger partial charge in [0.25, 0.3) is 0 Å². The van der Waals surface area contributed by atoms with Gasteiger partial charge in [0.2, 0.25) is 5.91 Å². The average Bonchev–Trinajstić information content (AvgIpc) is 3.20. The van der Waals surface area contributed by atoms with Gasteiger partial charge in [0.05, 0.1) is 24.0 Å². The fourth-order valence-electron chi connectivity index (χ4n) is 4.27. The highest BCUT2D eigenvalue weighted by molar-refractivity contribution is 5.86. The number of carbonyl (C=O) groups excluding carboxylic acids is 1. The standard InChI is InChI=1S/C20H35NO4/c1-2-3-4-5-6-7-8-9-10-11-14-21-19(22)17-15-12-13-16(25-15)18(17)20(23)24/h15-18H,2-14H2,1H3,(H,21,22)(H,23,24)/t15-,16+,17?,18?/m1/s1. The van der Waals surface area contributed by atoms with Crippen molar-refractivity contribution >= 4 is 11.9 Å². The molecular formula is C20H35NO4. The lowest BCUT2D eigenvalue weighted by Crippen LogP contribution is -2.44. The van der Waals surface area contributed by atoms with E-state index in [1.54, 1.807) is 0 Å². The molecule has 2 aliphatic heterocycles. The molecule has 144 valence electrons. The summed E-state index contributed by atoms with van der Waals surface area (Å²) in [4.78, 5) is 23.8. The van der Waals surface area contributed by atoms with Crippen LogP contribution in [0.5, 0.6) is 0 Å². The molecule has 0 aliphatic carbocycles. The summed E-state index contributed by atoms with van der Waals surface area (Å²) in [6, 6.07) is 0. The number of carbonyl (C=O) groups is 2. The summed E-state index contributed by atoms with van der Waals surface area (Å²) in [5, 5.41) is 12.3. The molecule has 2 fully saturated rings. The van der Waals surface area contributed by atoms with Gasteiger partial charge in [0.1, 0.15) is 0 Å². The highest BCUT2D eigenvalue weighted by atomic mass is 16.5. The van der Waals surface area contributed by atoms with E-state index in [0.717, 1.165) is 25.7 Å². The van der Waals surface area contributed by atoms with Gasteiger partial charge in [0, 0.05) is 6.54 Å². The molecular weight excluding hydrogens is 318 g/mol. The van der Waals surface area contributed by atoms with E-state index in [-0.39, 0.29) is 18.1 Å². The minimum absolute atomic E-state index is 0.129. The molecule has 1 amide bonds. The second-order valence-electron chi connectivity index (χ2n) is 7.65. The Morgan fingerprint density at radius 2 is 1.40 bits per heavy atom. The quantitative estimate of drug-likeness (QED) is 0.492. The maximum atomic E-state index is 12.4. The summed E-state index contributed by atoms with van der Waals surface area (Å²) in [6.45, 7) is 2.89. The van der Waals surface area contributed by atoms with Crippen molar-refractivity contribution in [1.82, 2.24) is 5.32 Å². The number of fused-ring (bicyclic) bond motifs is 2.